The molecule has 3 rings (SSSR count). The number of piperazine rings is 2. The summed E-state index contributed by atoms with van der Waals surface area (Å²) >= 11 is 0. The Morgan fingerprint density at radius 3 is 2.38 bits per heavy atom. The van der Waals surface area contributed by atoms with E-state index in [1.165, 1.54) is 4.90 Å². The number of amides is 4. The van der Waals surface area contributed by atoms with Gasteiger partial charge in [0.25, 0.3) is 0 Å². The van der Waals surface area contributed by atoms with Gasteiger partial charge in [-0.15, -0.1) is 0 Å². The lowest BCUT2D eigenvalue weighted by Gasteiger charge is -2.38. The number of carbonyl (C=O) groups is 4. The first-order valence-electron chi connectivity index (χ1n) is 11.6. The lowest BCUT2D eigenvalue weighted by Crippen LogP contribution is -2.60. The van der Waals surface area contributed by atoms with Crippen molar-refractivity contribution in [1.29, 1.82) is 0 Å². The second kappa shape index (κ2) is 12.2. The molecule has 0 aromatic heterocycles. The molecule has 2 aliphatic heterocycles. The Kier molecular flexibility index (Phi) is 9.08. The molecule has 2 fully saturated rings. The van der Waals surface area contributed by atoms with E-state index in [4.69, 9.17) is 9.47 Å². The van der Waals surface area contributed by atoms with Gasteiger partial charge in [0.15, 0.2) is 0 Å². The Balaban J connectivity index is 1.53. The lowest BCUT2D eigenvalue weighted by molar-refractivity contribution is -0.145. The Hall–Kier alpha value is -3.34. The van der Waals surface area contributed by atoms with E-state index in [9.17, 15) is 19.2 Å². The lowest BCUT2D eigenvalue weighted by atomic mass is 10.1. The summed E-state index contributed by atoms with van der Waals surface area (Å²) in [5.74, 6) is -0.203. The first-order valence-corrected chi connectivity index (χ1v) is 11.6. The van der Waals surface area contributed by atoms with E-state index < -0.39 is 6.04 Å². The molecular weight excluding hydrogens is 442 g/mol. The summed E-state index contributed by atoms with van der Waals surface area (Å²) in [6.07, 6.45) is -0.485. The summed E-state index contributed by atoms with van der Waals surface area (Å²) in [7, 11) is 0. The average molecular weight is 476 g/mol. The molecule has 0 bridgehead atoms. The van der Waals surface area contributed by atoms with Crippen molar-refractivity contribution in [2.75, 3.05) is 64.3 Å². The number of benzene rings is 1. The van der Waals surface area contributed by atoms with Crippen LogP contribution in [0.5, 0.6) is 5.75 Å². The Morgan fingerprint density at radius 2 is 1.74 bits per heavy atom. The van der Waals surface area contributed by atoms with Crippen LogP contribution < -0.4 is 15.4 Å². The molecule has 2 heterocycles. The van der Waals surface area contributed by atoms with Crippen molar-refractivity contribution in [3.63, 3.8) is 0 Å². The van der Waals surface area contributed by atoms with Crippen LogP contribution in [0.2, 0.25) is 0 Å². The van der Waals surface area contributed by atoms with Gasteiger partial charge in [-0.3, -0.25) is 19.3 Å². The molecule has 11 nitrogen and oxygen atoms in total. The number of anilines is 1. The maximum absolute atomic E-state index is 13.0. The summed E-state index contributed by atoms with van der Waals surface area (Å²) < 4.78 is 10.4. The van der Waals surface area contributed by atoms with Crippen LogP contribution in [-0.4, -0.2) is 104 Å². The quantitative estimate of drug-likeness (QED) is 0.562. The van der Waals surface area contributed by atoms with Crippen LogP contribution in [0.15, 0.2) is 24.3 Å². The Bertz CT molecular complexity index is 869. The second-order valence-corrected chi connectivity index (χ2v) is 8.07. The molecule has 11 heteroatoms. The highest BCUT2D eigenvalue weighted by Crippen LogP contribution is 2.17. The maximum atomic E-state index is 13.0. The minimum Gasteiger partial charge on any atom is -0.494 e. The molecule has 1 aromatic rings. The summed E-state index contributed by atoms with van der Waals surface area (Å²) in [6, 6.07) is 6.09. The van der Waals surface area contributed by atoms with E-state index in [2.05, 4.69) is 10.6 Å². The first-order chi connectivity index (χ1) is 16.4. The van der Waals surface area contributed by atoms with Gasteiger partial charge in [0.1, 0.15) is 11.8 Å². The second-order valence-electron chi connectivity index (χ2n) is 8.07. The maximum Gasteiger partial charge on any atom is 0.409 e. The number of hydrogen-bond acceptors (Lipinski definition) is 7. The largest absolute Gasteiger partial charge is 0.494 e. The van der Waals surface area contributed by atoms with Gasteiger partial charge < -0.3 is 29.9 Å². The fourth-order valence-electron chi connectivity index (χ4n) is 3.99. The number of ether oxygens (including phenoxy) is 2. The normalized spacial score (nSPS) is 18.8. The van der Waals surface area contributed by atoms with Crippen molar-refractivity contribution >= 4 is 29.5 Å². The van der Waals surface area contributed by atoms with Crippen molar-refractivity contribution < 1.29 is 28.7 Å². The molecule has 186 valence electrons. The van der Waals surface area contributed by atoms with E-state index in [-0.39, 0.29) is 36.8 Å². The van der Waals surface area contributed by atoms with Gasteiger partial charge >= 0.3 is 6.09 Å². The molecule has 1 atom stereocenters. The molecular formula is C23H33N5O6. The highest BCUT2D eigenvalue weighted by atomic mass is 16.6. The van der Waals surface area contributed by atoms with E-state index in [1.54, 1.807) is 36.1 Å². The van der Waals surface area contributed by atoms with Gasteiger partial charge in [-0.2, -0.15) is 0 Å². The molecule has 0 spiro atoms. The van der Waals surface area contributed by atoms with Crippen LogP contribution in [0.3, 0.4) is 0 Å². The fraction of sp³-hybridized carbons (Fsp3) is 0.565. The first kappa shape index (κ1) is 25.3. The number of nitrogens with one attached hydrogen (secondary N) is 2. The number of nitrogens with zero attached hydrogens (tertiary/aromatic N) is 3. The SMILES string of the molecule is CCOC(=O)N1CCN(CC(=O)N2CCNC(=O)C2CC(=O)Nc2ccc(OCC)cc2)CC1. The summed E-state index contributed by atoms with van der Waals surface area (Å²) in [5.41, 5.74) is 0.585. The third-order valence-electron chi connectivity index (χ3n) is 5.74. The predicted octanol–water partition coefficient (Wildman–Crippen LogP) is 0.515. The van der Waals surface area contributed by atoms with Gasteiger partial charge in [0.2, 0.25) is 17.7 Å². The molecule has 2 aliphatic rings. The van der Waals surface area contributed by atoms with Crippen molar-refractivity contribution in [3.05, 3.63) is 24.3 Å². The van der Waals surface area contributed by atoms with Crippen molar-refractivity contribution in [1.82, 2.24) is 20.0 Å². The Morgan fingerprint density at radius 1 is 1.03 bits per heavy atom. The van der Waals surface area contributed by atoms with E-state index in [0.29, 0.717) is 63.9 Å². The molecule has 1 unspecified atom stereocenters. The summed E-state index contributed by atoms with van der Waals surface area (Å²) in [5, 5.41) is 5.51. The summed E-state index contributed by atoms with van der Waals surface area (Å²) in [6.45, 7) is 7.35. The monoisotopic (exact) mass is 475 g/mol. The van der Waals surface area contributed by atoms with Gasteiger partial charge in [-0.05, 0) is 38.1 Å². The van der Waals surface area contributed by atoms with Gasteiger partial charge in [0, 0.05) is 45.0 Å². The third kappa shape index (κ3) is 6.83. The van der Waals surface area contributed by atoms with Crippen LogP contribution in [-0.2, 0) is 19.1 Å². The number of carbonyl (C=O) groups excluding carboxylic acids is 4. The zero-order valence-electron chi connectivity index (χ0n) is 19.7. The average Bonchev–Trinajstić information content (AvgIpc) is 2.82. The standard InChI is InChI=1S/C23H33N5O6/c1-3-33-18-7-5-17(6-8-18)25-20(29)15-19-22(31)24-9-10-28(19)21(30)16-26-11-13-27(14-12-26)23(32)34-4-2/h5-8,19H,3-4,9-16H2,1-2H3,(H,24,31)(H,25,29). The van der Waals surface area contributed by atoms with Crippen LogP contribution in [0, 0.1) is 0 Å². The van der Waals surface area contributed by atoms with Crippen molar-refractivity contribution in [2.45, 2.75) is 26.3 Å². The molecule has 0 saturated carbocycles. The minimum absolute atomic E-state index is 0.126. The third-order valence-corrected chi connectivity index (χ3v) is 5.74. The van der Waals surface area contributed by atoms with Crippen LogP contribution >= 0.6 is 0 Å². The van der Waals surface area contributed by atoms with E-state index in [1.807, 2.05) is 11.8 Å². The molecule has 1 aromatic carbocycles. The van der Waals surface area contributed by atoms with E-state index >= 15 is 0 Å². The van der Waals surface area contributed by atoms with Crippen LogP contribution in [0.25, 0.3) is 0 Å². The van der Waals surface area contributed by atoms with Crippen molar-refractivity contribution in [3.8, 4) is 5.75 Å². The van der Waals surface area contributed by atoms with Gasteiger partial charge in [-0.25, -0.2) is 4.79 Å². The highest BCUT2D eigenvalue weighted by molar-refractivity contribution is 5.97. The number of rotatable bonds is 8. The fourth-order valence-corrected chi connectivity index (χ4v) is 3.99. The number of hydrogen-bond donors (Lipinski definition) is 2. The zero-order chi connectivity index (χ0) is 24.5. The smallest absolute Gasteiger partial charge is 0.409 e. The van der Waals surface area contributed by atoms with Crippen molar-refractivity contribution in [2.24, 2.45) is 0 Å². The zero-order valence-corrected chi connectivity index (χ0v) is 19.7. The van der Waals surface area contributed by atoms with Gasteiger partial charge in [-0.1, -0.05) is 0 Å². The van der Waals surface area contributed by atoms with E-state index in [0.717, 1.165) is 0 Å². The Labute approximate surface area is 199 Å². The molecule has 0 radical (unpaired) electrons. The molecule has 4 amide bonds. The topological polar surface area (TPSA) is 121 Å². The molecule has 2 N–H and O–H groups in total. The summed E-state index contributed by atoms with van der Waals surface area (Å²) in [4.78, 5) is 55.1. The minimum atomic E-state index is -0.871. The van der Waals surface area contributed by atoms with Crippen LogP contribution in [0.4, 0.5) is 10.5 Å². The molecule has 2 saturated heterocycles. The van der Waals surface area contributed by atoms with Gasteiger partial charge in [0.05, 0.1) is 26.2 Å². The molecule has 34 heavy (non-hydrogen) atoms. The molecule has 0 aliphatic carbocycles. The predicted molar refractivity (Wildman–Crippen MR) is 124 cm³/mol. The highest BCUT2D eigenvalue weighted by Gasteiger charge is 2.35. The van der Waals surface area contributed by atoms with Crippen LogP contribution in [0.1, 0.15) is 20.3 Å².